The van der Waals surface area contributed by atoms with Crippen LogP contribution in [-0.2, 0) is 0 Å². The Bertz CT molecular complexity index is 850. The number of aromatic nitrogens is 3. The van der Waals surface area contributed by atoms with Gasteiger partial charge in [0.25, 0.3) is 0 Å². The first-order valence-electron chi connectivity index (χ1n) is 11.5. The number of hydrogen-bond donors (Lipinski definition) is 0. The van der Waals surface area contributed by atoms with Gasteiger partial charge in [-0.3, -0.25) is 9.80 Å². The lowest BCUT2D eigenvalue weighted by atomic mass is 10.1. The molecule has 0 saturated carbocycles. The lowest BCUT2D eigenvalue weighted by Crippen LogP contribution is -2.46. The molecule has 2 aliphatic rings. The molecule has 3 aromatic rings. The molecule has 0 atom stereocenters. The Morgan fingerprint density at radius 2 is 1.17 bits per heavy atom. The number of rotatable bonds is 5. The monoisotopic (exact) mass is 401 g/mol. The van der Waals surface area contributed by atoms with E-state index in [0.29, 0.717) is 0 Å². The van der Waals surface area contributed by atoms with Crippen LogP contribution in [0.5, 0.6) is 0 Å². The van der Waals surface area contributed by atoms with Crippen molar-refractivity contribution >= 4 is 0 Å². The minimum absolute atomic E-state index is 0.179. The molecule has 0 amide bonds. The second kappa shape index (κ2) is 9.11. The first-order valence-corrected chi connectivity index (χ1v) is 11.5. The average molecular weight is 402 g/mol. The fourth-order valence-corrected chi connectivity index (χ4v) is 4.84. The van der Waals surface area contributed by atoms with Crippen LogP contribution in [0.15, 0.2) is 60.7 Å². The molecule has 3 heterocycles. The van der Waals surface area contributed by atoms with Crippen molar-refractivity contribution in [3.05, 3.63) is 66.5 Å². The molecule has 2 aromatic carbocycles. The second-order valence-electron chi connectivity index (χ2n) is 8.47. The molecule has 0 unspecified atom stereocenters. The van der Waals surface area contributed by atoms with E-state index >= 15 is 0 Å². The number of nitrogens with zero attached hydrogens (tertiary/aromatic N) is 5. The molecular formula is C25H31N5. The summed E-state index contributed by atoms with van der Waals surface area (Å²) in [4.78, 5) is 10.4. The molecule has 0 N–H and O–H groups in total. The zero-order valence-corrected chi connectivity index (χ0v) is 17.7. The number of benzene rings is 2. The van der Waals surface area contributed by atoms with Crippen LogP contribution in [-0.4, -0.2) is 50.7 Å². The van der Waals surface area contributed by atoms with Crippen molar-refractivity contribution in [1.29, 1.82) is 0 Å². The number of hydrogen-bond acceptors (Lipinski definition) is 4. The highest BCUT2D eigenvalue weighted by Gasteiger charge is 2.33. The van der Waals surface area contributed by atoms with Crippen LogP contribution in [0.4, 0.5) is 0 Å². The molecule has 0 bridgehead atoms. The predicted octanol–water partition coefficient (Wildman–Crippen LogP) is 4.90. The summed E-state index contributed by atoms with van der Waals surface area (Å²) in [6, 6.07) is 20.9. The molecule has 5 nitrogen and oxygen atoms in total. The summed E-state index contributed by atoms with van der Waals surface area (Å²) in [7, 11) is 0. The zero-order valence-electron chi connectivity index (χ0n) is 17.7. The molecule has 0 aliphatic carbocycles. The van der Waals surface area contributed by atoms with Gasteiger partial charge in [-0.15, -0.1) is 5.10 Å². The van der Waals surface area contributed by atoms with Gasteiger partial charge in [-0.1, -0.05) is 61.4 Å². The maximum Gasteiger partial charge on any atom is 0.183 e. The summed E-state index contributed by atoms with van der Waals surface area (Å²) in [5.74, 6) is 1.87. The standard InChI is InChI=1S/C25H31N5/c1-5-13-21(14-6-1)24-26-23(27-30(24)22-15-7-2-8-16-22)25(28-17-9-3-10-18-28)29-19-11-4-12-20-29/h1-2,5-8,13-16,25H,3-4,9-12,17-20H2. The third kappa shape index (κ3) is 4.05. The van der Waals surface area contributed by atoms with Gasteiger partial charge < -0.3 is 0 Å². The van der Waals surface area contributed by atoms with Crippen LogP contribution in [0.2, 0.25) is 0 Å². The van der Waals surface area contributed by atoms with Crippen LogP contribution in [0.3, 0.4) is 0 Å². The van der Waals surface area contributed by atoms with E-state index in [1.54, 1.807) is 0 Å². The Hall–Kier alpha value is -2.50. The first kappa shape index (κ1) is 19.5. The van der Waals surface area contributed by atoms with E-state index in [0.717, 1.165) is 49.1 Å². The molecule has 30 heavy (non-hydrogen) atoms. The smallest absolute Gasteiger partial charge is 0.183 e. The summed E-state index contributed by atoms with van der Waals surface area (Å²) in [5.41, 5.74) is 2.17. The molecule has 0 radical (unpaired) electrons. The Morgan fingerprint density at radius 1 is 0.633 bits per heavy atom. The summed E-state index contributed by atoms with van der Waals surface area (Å²) in [6.07, 6.45) is 7.95. The van der Waals surface area contributed by atoms with Gasteiger partial charge in [0.2, 0.25) is 0 Å². The summed E-state index contributed by atoms with van der Waals surface area (Å²) < 4.78 is 2.03. The molecule has 1 aromatic heterocycles. The van der Waals surface area contributed by atoms with E-state index < -0.39 is 0 Å². The van der Waals surface area contributed by atoms with E-state index in [4.69, 9.17) is 10.1 Å². The highest BCUT2D eigenvalue weighted by molar-refractivity contribution is 5.58. The van der Waals surface area contributed by atoms with E-state index in [1.807, 2.05) is 10.7 Å². The van der Waals surface area contributed by atoms with E-state index in [1.165, 1.54) is 38.5 Å². The third-order valence-corrected chi connectivity index (χ3v) is 6.36. The van der Waals surface area contributed by atoms with Crippen LogP contribution >= 0.6 is 0 Å². The Morgan fingerprint density at radius 3 is 1.73 bits per heavy atom. The molecule has 5 heteroatoms. The SMILES string of the molecule is c1ccc(-c2nc(C(N3CCCCC3)N3CCCCC3)nn2-c2ccccc2)cc1. The fraction of sp³-hybridized carbons (Fsp3) is 0.440. The molecular weight excluding hydrogens is 370 g/mol. The van der Waals surface area contributed by atoms with Gasteiger partial charge in [-0.05, 0) is 37.8 Å². The number of para-hydroxylation sites is 1. The van der Waals surface area contributed by atoms with Crippen LogP contribution < -0.4 is 0 Å². The lowest BCUT2D eigenvalue weighted by Gasteiger charge is -2.41. The lowest BCUT2D eigenvalue weighted by molar-refractivity contribution is 0.0102. The second-order valence-corrected chi connectivity index (χ2v) is 8.47. The largest absolute Gasteiger partial charge is 0.281 e. The Labute approximate surface area is 179 Å². The van der Waals surface area contributed by atoms with Crippen LogP contribution in [0.1, 0.15) is 50.5 Å². The van der Waals surface area contributed by atoms with E-state index in [2.05, 4.69) is 64.4 Å². The third-order valence-electron chi connectivity index (χ3n) is 6.36. The van der Waals surface area contributed by atoms with Gasteiger partial charge in [0.05, 0.1) is 5.69 Å². The molecule has 2 fully saturated rings. The van der Waals surface area contributed by atoms with Gasteiger partial charge >= 0.3 is 0 Å². The van der Waals surface area contributed by atoms with Crippen molar-refractivity contribution in [3.8, 4) is 17.1 Å². The van der Waals surface area contributed by atoms with Gasteiger partial charge in [0.1, 0.15) is 6.17 Å². The minimum atomic E-state index is 0.179. The average Bonchev–Trinajstić information content (AvgIpc) is 3.27. The Kier molecular flexibility index (Phi) is 5.91. The van der Waals surface area contributed by atoms with E-state index in [-0.39, 0.29) is 6.17 Å². The van der Waals surface area contributed by atoms with Gasteiger partial charge in [0, 0.05) is 31.7 Å². The highest BCUT2D eigenvalue weighted by Crippen LogP contribution is 2.31. The number of likely N-dealkylation sites (tertiary alicyclic amines) is 2. The maximum absolute atomic E-state index is 5.18. The van der Waals surface area contributed by atoms with Crippen molar-refractivity contribution in [2.24, 2.45) is 0 Å². The number of piperidine rings is 2. The molecule has 156 valence electrons. The van der Waals surface area contributed by atoms with Crippen molar-refractivity contribution in [3.63, 3.8) is 0 Å². The summed E-state index contributed by atoms with van der Waals surface area (Å²) in [6.45, 7) is 4.56. The molecule has 0 spiro atoms. The van der Waals surface area contributed by atoms with Gasteiger partial charge in [-0.25, -0.2) is 9.67 Å². The highest BCUT2D eigenvalue weighted by atomic mass is 15.4. The quantitative estimate of drug-likeness (QED) is 0.609. The topological polar surface area (TPSA) is 37.2 Å². The van der Waals surface area contributed by atoms with Crippen molar-refractivity contribution < 1.29 is 0 Å². The zero-order chi connectivity index (χ0) is 20.2. The fourth-order valence-electron chi connectivity index (χ4n) is 4.84. The van der Waals surface area contributed by atoms with Gasteiger partial charge in [-0.2, -0.15) is 0 Å². The summed E-state index contributed by atoms with van der Waals surface area (Å²) in [5, 5.41) is 5.13. The summed E-state index contributed by atoms with van der Waals surface area (Å²) >= 11 is 0. The molecule has 2 aliphatic heterocycles. The van der Waals surface area contributed by atoms with Crippen LogP contribution in [0, 0.1) is 0 Å². The minimum Gasteiger partial charge on any atom is -0.281 e. The molecule has 5 rings (SSSR count). The van der Waals surface area contributed by atoms with E-state index in [9.17, 15) is 0 Å². The maximum atomic E-state index is 5.18. The first-order chi connectivity index (χ1) is 14.9. The Balaban J connectivity index is 1.59. The van der Waals surface area contributed by atoms with Crippen molar-refractivity contribution in [2.75, 3.05) is 26.2 Å². The molecule has 2 saturated heterocycles. The predicted molar refractivity (Wildman–Crippen MR) is 120 cm³/mol. The van der Waals surface area contributed by atoms with Crippen molar-refractivity contribution in [2.45, 2.75) is 44.7 Å². The van der Waals surface area contributed by atoms with Crippen LogP contribution in [0.25, 0.3) is 17.1 Å². The van der Waals surface area contributed by atoms with Gasteiger partial charge in [0.15, 0.2) is 11.6 Å². The normalized spacial score (nSPS) is 18.7. The van der Waals surface area contributed by atoms with Crippen molar-refractivity contribution in [1.82, 2.24) is 24.6 Å².